The molecule has 8 nitrogen and oxygen atoms in total. The summed E-state index contributed by atoms with van der Waals surface area (Å²) in [6.07, 6.45) is 7.30. The first kappa shape index (κ1) is 16.8. The van der Waals surface area contributed by atoms with Crippen LogP contribution in [0.25, 0.3) is 11.5 Å². The maximum Gasteiger partial charge on any atom is 0.251 e. The highest BCUT2D eigenvalue weighted by molar-refractivity contribution is 5.79. The normalized spacial score (nSPS) is 23.2. The van der Waals surface area contributed by atoms with Crippen LogP contribution in [0.4, 0.5) is 0 Å². The Morgan fingerprint density at radius 3 is 3.00 bits per heavy atom. The number of hydrogen-bond acceptors (Lipinski definition) is 6. The van der Waals surface area contributed by atoms with Crippen molar-refractivity contribution in [3.05, 3.63) is 40.7 Å². The van der Waals surface area contributed by atoms with Crippen molar-refractivity contribution in [1.29, 1.82) is 0 Å². The zero-order chi connectivity index (χ0) is 17.9. The smallest absolute Gasteiger partial charge is 0.251 e. The van der Waals surface area contributed by atoms with Crippen LogP contribution in [0.5, 0.6) is 0 Å². The summed E-state index contributed by atoms with van der Waals surface area (Å²) < 4.78 is 5.34. The van der Waals surface area contributed by atoms with E-state index in [0.29, 0.717) is 37.0 Å². The number of hydrogen-bond donors (Lipinski definition) is 1. The van der Waals surface area contributed by atoms with Gasteiger partial charge in [-0.05, 0) is 19.3 Å². The molecule has 2 aliphatic heterocycles. The first-order valence-electron chi connectivity index (χ1n) is 8.95. The van der Waals surface area contributed by atoms with Crippen LogP contribution in [0.3, 0.4) is 0 Å². The van der Waals surface area contributed by atoms with Crippen molar-refractivity contribution in [2.45, 2.75) is 25.2 Å². The predicted molar refractivity (Wildman–Crippen MR) is 93.4 cm³/mol. The lowest BCUT2D eigenvalue weighted by Gasteiger charge is -2.33. The van der Waals surface area contributed by atoms with Crippen molar-refractivity contribution in [2.75, 3.05) is 26.3 Å². The minimum Gasteiger partial charge on any atom is -0.381 e. The molecule has 26 heavy (non-hydrogen) atoms. The highest BCUT2D eigenvalue weighted by Gasteiger charge is 2.32. The van der Waals surface area contributed by atoms with Gasteiger partial charge in [-0.15, -0.1) is 0 Å². The molecule has 0 saturated carbocycles. The van der Waals surface area contributed by atoms with Crippen LogP contribution in [0, 0.1) is 5.92 Å². The maximum atomic E-state index is 12.7. The number of amides is 1. The Labute approximate surface area is 150 Å². The first-order valence-corrected chi connectivity index (χ1v) is 8.95. The van der Waals surface area contributed by atoms with Gasteiger partial charge in [-0.25, -0.2) is 9.97 Å². The summed E-state index contributed by atoms with van der Waals surface area (Å²) in [5, 5.41) is 0. The van der Waals surface area contributed by atoms with E-state index in [4.69, 9.17) is 4.74 Å². The van der Waals surface area contributed by atoms with E-state index < -0.39 is 0 Å². The standard InChI is InChI=1S/C18H21N5O3/c24-16-8-14(21-17(22-16)15-9-19-4-5-20-15)12-2-1-6-23(10-12)18(25)13-3-7-26-11-13/h4-5,8-9,12-13H,1-3,6-7,10-11H2,(H,21,22,24)/t12-,13-/m0/s1. The molecule has 0 spiro atoms. The number of likely N-dealkylation sites (tertiary alicyclic amines) is 1. The summed E-state index contributed by atoms with van der Waals surface area (Å²) in [6, 6.07) is 1.52. The van der Waals surface area contributed by atoms with Gasteiger partial charge in [-0.2, -0.15) is 0 Å². The molecular formula is C18H21N5O3. The van der Waals surface area contributed by atoms with E-state index in [1.807, 2.05) is 4.90 Å². The summed E-state index contributed by atoms with van der Waals surface area (Å²) in [7, 11) is 0. The fourth-order valence-electron chi connectivity index (χ4n) is 3.63. The second-order valence-electron chi connectivity index (χ2n) is 6.79. The highest BCUT2D eigenvalue weighted by atomic mass is 16.5. The Kier molecular flexibility index (Phi) is 4.75. The second-order valence-corrected chi connectivity index (χ2v) is 6.79. The van der Waals surface area contributed by atoms with Crippen LogP contribution in [-0.4, -0.2) is 57.0 Å². The van der Waals surface area contributed by atoms with Crippen molar-refractivity contribution in [2.24, 2.45) is 5.92 Å². The number of nitrogens with one attached hydrogen (secondary N) is 1. The molecule has 8 heteroatoms. The van der Waals surface area contributed by atoms with Crippen LogP contribution >= 0.6 is 0 Å². The predicted octanol–water partition coefficient (Wildman–Crippen LogP) is 0.969. The number of carbonyl (C=O) groups is 1. The van der Waals surface area contributed by atoms with E-state index in [2.05, 4.69) is 19.9 Å². The van der Waals surface area contributed by atoms with Crippen molar-refractivity contribution in [1.82, 2.24) is 24.8 Å². The maximum absolute atomic E-state index is 12.7. The number of H-pyrrole nitrogens is 1. The molecule has 2 aromatic heterocycles. The molecule has 0 bridgehead atoms. The fourth-order valence-corrected chi connectivity index (χ4v) is 3.63. The molecular weight excluding hydrogens is 334 g/mol. The Balaban J connectivity index is 1.56. The molecule has 4 rings (SSSR count). The third-order valence-electron chi connectivity index (χ3n) is 5.00. The van der Waals surface area contributed by atoms with Crippen molar-refractivity contribution >= 4 is 5.91 Å². The molecule has 0 radical (unpaired) electrons. The average molecular weight is 355 g/mol. The largest absolute Gasteiger partial charge is 0.381 e. The molecule has 136 valence electrons. The topological polar surface area (TPSA) is 101 Å². The number of rotatable bonds is 3. The van der Waals surface area contributed by atoms with Crippen molar-refractivity contribution in [3.63, 3.8) is 0 Å². The molecule has 2 aliphatic rings. The zero-order valence-corrected chi connectivity index (χ0v) is 14.4. The quantitative estimate of drug-likeness (QED) is 0.880. The molecule has 2 saturated heterocycles. The van der Waals surface area contributed by atoms with Crippen LogP contribution in [0.15, 0.2) is 29.5 Å². The Morgan fingerprint density at radius 1 is 1.31 bits per heavy atom. The fraction of sp³-hybridized carbons (Fsp3) is 0.500. The Bertz CT molecular complexity index is 832. The zero-order valence-electron chi connectivity index (χ0n) is 14.4. The lowest BCUT2D eigenvalue weighted by Crippen LogP contribution is -2.42. The molecule has 0 aromatic carbocycles. The highest BCUT2D eigenvalue weighted by Crippen LogP contribution is 2.28. The number of aromatic amines is 1. The van der Waals surface area contributed by atoms with Gasteiger partial charge < -0.3 is 14.6 Å². The molecule has 0 aliphatic carbocycles. The van der Waals surface area contributed by atoms with Crippen LogP contribution < -0.4 is 5.56 Å². The lowest BCUT2D eigenvalue weighted by atomic mass is 9.93. The number of piperidine rings is 1. The molecule has 1 amide bonds. The number of carbonyl (C=O) groups excluding carboxylic acids is 1. The summed E-state index contributed by atoms with van der Waals surface area (Å²) >= 11 is 0. The molecule has 2 fully saturated rings. The van der Waals surface area contributed by atoms with E-state index in [0.717, 1.165) is 25.8 Å². The third kappa shape index (κ3) is 3.50. The minimum absolute atomic E-state index is 0.0314. The molecule has 1 N–H and O–H groups in total. The van der Waals surface area contributed by atoms with Gasteiger partial charge in [0.25, 0.3) is 5.56 Å². The average Bonchev–Trinajstić information content (AvgIpc) is 3.22. The minimum atomic E-state index is -0.219. The van der Waals surface area contributed by atoms with Gasteiger partial charge in [0.1, 0.15) is 5.69 Å². The molecule has 4 heterocycles. The van der Waals surface area contributed by atoms with E-state index in [-0.39, 0.29) is 23.3 Å². The Morgan fingerprint density at radius 2 is 2.23 bits per heavy atom. The van der Waals surface area contributed by atoms with E-state index in [1.165, 1.54) is 6.07 Å². The molecule has 2 aromatic rings. The van der Waals surface area contributed by atoms with Crippen LogP contribution in [-0.2, 0) is 9.53 Å². The number of nitrogens with zero attached hydrogens (tertiary/aromatic N) is 4. The summed E-state index contributed by atoms with van der Waals surface area (Å²) in [5.41, 5.74) is 1.01. The number of ether oxygens (including phenoxy) is 1. The van der Waals surface area contributed by atoms with Crippen LogP contribution in [0.2, 0.25) is 0 Å². The van der Waals surface area contributed by atoms with Crippen molar-refractivity contribution in [3.8, 4) is 11.5 Å². The van der Waals surface area contributed by atoms with E-state index in [1.54, 1.807) is 18.6 Å². The van der Waals surface area contributed by atoms with Gasteiger partial charge in [0.05, 0.1) is 24.4 Å². The van der Waals surface area contributed by atoms with Gasteiger partial charge in [0, 0.05) is 44.1 Å². The van der Waals surface area contributed by atoms with Gasteiger partial charge in [-0.1, -0.05) is 0 Å². The van der Waals surface area contributed by atoms with E-state index >= 15 is 0 Å². The summed E-state index contributed by atoms with van der Waals surface area (Å²) in [6.45, 7) is 2.52. The lowest BCUT2D eigenvalue weighted by molar-refractivity contribution is -0.136. The van der Waals surface area contributed by atoms with Gasteiger partial charge in [0.15, 0.2) is 5.82 Å². The van der Waals surface area contributed by atoms with Gasteiger partial charge >= 0.3 is 0 Å². The summed E-state index contributed by atoms with van der Waals surface area (Å²) in [4.78, 5) is 42.2. The van der Waals surface area contributed by atoms with Gasteiger partial charge in [0.2, 0.25) is 5.91 Å². The van der Waals surface area contributed by atoms with Crippen LogP contribution in [0.1, 0.15) is 30.9 Å². The molecule has 2 atom stereocenters. The number of aromatic nitrogens is 4. The Hall–Kier alpha value is -2.61. The molecule has 0 unspecified atom stereocenters. The monoisotopic (exact) mass is 355 g/mol. The SMILES string of the molecule is O=C([C@H]1CCOC1)N1CCC[C@H](c2cc(=O)[nH]c(-c3cnccn3)n2)C1. The van der Waals surface area contributed by atoms with Gasteiger partial charge in [-0.3, -0.25) is 14.6 Å². The van der Waals surface area contributed by atoms with E-state index in [9.17, 15) is 9.59 Å². The van der Waals surface area contributed by atoms with Crippen molar-refractivity contribution < 1.29 is 9.53 Å². The third-order valence-corrected chi connectivity index (χ3v) is 5.00. The summed E-state index contributed by atoms with van der Waals surface area (Å²) in [5.74, 6) is 0.586. The first-order chi connectivity index (χ1) is 12.7. The second kappa shape index (κ2) is 7.33.